The molecule has 3 heterocycles. The largest absolute Gasteiger partial charge is 0.378 e. The lowest BCUT2D eigenvalue weighted by Crippen LogP contribution is -2.20. The van der Waals surface area contributed by atoms with Crippen LogP contribution >= 0.6 is 0 Å². The van der Waals surface area contributed by atoms with Gasteiger partial charge in [0.25, 0.3) is 0 Å². The van der Waals surface area contributed by atoms with Gasteiger partial charge in [0.1, 0.15) is 5.82 Å². The highest BCUT2D eigenvalue weighted by Gasteiger charge is 2.26. The van der Waals surface area contributed by atoms with E-state index in [1.54, 1.807) is 6.20 Å². The molecule has 3 aromatic rings. The third-order valence-corrected chi connectivity index (χ3v) is 4.82. The Bertz CT molecular complexity index is 788. The van der Waals surface area contributed by atoms with E-state index < -0.39 is 0 Å². The zero-order valence-corrected chi connectivity index (χ0v) is 14.2. The summed E-state index contributed by atoms with van der Waals surface area (Å²) < 4.78 is 0. The summed E-state index contributed by atoms with van der Waals surface area (Å²) in [5.74, 6) is 1.59. The quantitative estimate of drug-likeness (QED) is 0.802. The topological polar surface area (TPSA) is 48.1 Å². The molecule has 1 unspecified atom stereocenters. The van der Waals surface area contributed by atoms with Gasteiger partial charge in [-0.1, -0.05) is 12.1 Å². The zero-order valence-electron chi connectivity index (χ0n) is 14.2. The first-order valence-corrected chi connectivity index (χ1v) is 8.47. The summed E-state index contributed by atoms with van der Waals surface area (Å²) in [4.78, 5) is 17.0. The van der Waals surface area contributed by atoms with E-state index in [1.807, 2.05) is 12.3 Å². The molecular weight excluding hydrogens is 298 g/mol. The number of imidazole rings is 1. The SMILES string of the molecule is CN(C)c1ccc(CN2CCC(c3nc4ccncc4[nH]3)C2)cc1. The van der Waals surface area contributed by atoms with Crippen molar-refractivity contribution in [3.8, 4) is 0 Å². The number of hydrogen-bond donors (Lipinski definition) is 1. The molecule has 1 atom stereocenters. The van der Waals surface area contributed by atoms with Gasteiger partial charge in [-0.05, 0) is 36.7 Å². The van der Waals surface area contributed by atoms with Crippen LogP contribution in [-0.4, -0.2) is 47.0 Å². The van der Waals surface area contributed by atoms with Crippen LogP contribution in [0.3, 0.4) is 0 Å². The van der Waals surface area contributed by atoms with Gasteiger partial charge in [0, 0.05) is 45.0 Å². The minimum absolute atomic E-state index is 0.485. The van der Waals surface area contributed by atoms with Crippen molar-refractivity contribution in [3.63, 3.8) is 0 Å². The van der Waals surface area contributed by atoms with Crippen molar-refractivity contribution in [2.45, 2.75) is 18.9 Å². The molecule has 5 nitrogen and oxygen atoms in total. The number of fused-ring (bicyclic) bond motifs is 1. The van der Waals surface area contributed by atoms with E-state index in [-0.39, 0.29) is 0 Å². The molecular formula is C19H23N5. The Balaban J connectivity index is 1.42. The Morgan fingerprint density at radius 1 is 1.21 bits per heavy atom. The minimum Gasteiger partial charge on any atom is -0.378 e. The van der Waals surface area contributed by atoms with Gasteiger partial charge >= 0.3 is 0 Å². The van der Waals surface area contributed by atoms with Gasteiger partial charge in [-0.2, -0.15) is 0 Å². The highest BCUT2D eigenvalue weighted by Crippen LogP contribution is 2.28. The average molecular weight is 321 g/mol. The molecule has 1 aliphatic rings. The Labute approximate surface area is 142 Å². The second kappa shape index (κ2) is 6.24. The molecule has 0 radical (unpaired) electrons. The van der Waals surface area contributed by atoms with Gasteiger partial charge in [-0.3, -0.25) is 9.88 Å². The smallest absolute Gasteiger partial charge is 0.111 e. The van der Waals surface area contributed by atoms with E-state index in [0.29, 0.717) is 5.92 Å². The molecule has 0 aliphatic carbocycles. The Morgan fingerprint density at radius 2 is 2.04 bits per heavy atom. The van der Waals surface area contributed by atoms with Crippen LogP contribution in [0, 0.1) is 0 Å². The van der Waals surface area contributed by atoms with E-state index in [9.17, 15) is 0 Å². The fourth-order valence-electron chi connectivity index (χ4n) is 3.43. The van der Waals surface area contributed by atoms with Gasteiger partial charge in [0.15, 0.2) is 0 Å². The van der Waals surface area contributed by atoms with Gasteiger partial charge in [0.2, 0.25) is 0 Å². The van der Waals surface area contributed by atoms with Crippen LogP contribution in [0.2, 0.25) is 0 Å². The fraction of sp³-hybridized carbons (Fsp3) is 0.368. The van der Waals surface area contributed by atoms with Crippen molar-refractivity contribution in [2.75, 3.05) is 32.1 Å². The second-order valence-corrected chi connectivity index (χ2v) is 6.80. The first-order chi connectivity index (χ1) is 11.7. The molecule has 1 aliphatic heterocycles. The van der Waals surface area contributed by atoms with E-state index >= 15 is 0 Å². The third-order valence-electron chi connectivity index (χ3n) is 4.82. The van der Waals surface area contributed by atoms with E-state index in [4.69, 9.17) is 4.98 Å². The molecule has 5 heteroatoms. The number of benzene rings is 1. The lowest BCUT2D eigenvalue weighted by Gasteiger charge is -2.17. The first-order valence-electron chi connectivity index (χ1n) is 8.47. The molecule has 2 aromatic heterocycles. The second-order valence-electron chi connectivity index (χ2n) is 6.80. The molecule has 24 heavy (non-hydrogen) atoms. The molecule has 0 spiro atoms. The van der Waals surface area contributed by atoms with E-state index in [1.165, 1.54) is 11.3 Å². The molecule has 1 N–H and O–H groups in total. The molecule has 1 saturated heterocycles. The van der Waals surface area contributed by atoms with Gasteiger partial charge in [0.05, 0.1) is 17.2 Å². The Hall–Kier alpha value is -2.40. The number of H-pyrrole nitrogens is 1. The van der Waals surface area contributed by atoms with Crippen LogP contribution in [0.25, 0.3) is 11.0 Å². The summed E-state index contributed by atoms with van der Waals surface area (Å²) in [6.45, 7) is 3.18. The third kappa shape index (κ3) is 2.99. The number of rotatable bonds is 4. The first kappa shape index (κ1) is 15.1. The lowest BCUT2D eigenvalue weighted by molar-refractivity contribution is 0.326. The normalized spacial score (nSPS) is 18.3. The number of likely N-dealkylation sites (tertiary alicyclic amines) is 1. The minimum atomic E-state index is 0.485. The lowest BCUT2D eigenvalue weighted by atomic mass is 10.1. The van der Waals surface area contributed by atoms with Crippen LogP contribution < -0.4 is 4.90 Å². The molecule has 0 saturated carbocycles. The highest BCUT2D eigenvalue weighted by molar-refractivity contribution is 5.73. The number of aromatic nitrogens is 3. The summed E-state index contributed by atoms with van der Waals surface area (Å²) in [7, 11) is 4.14. The predicted molar refractivity (Wildman–Crippen MR) is 97.3 cm³/mol. The molecule has 4 rings (SSSR count). The number of aromatic amines is 1. The van der Waals surface area contributed by atoms with Crippen LogP contribution in [0.5, 0.6) is 0 Å². The zero-order chi connectivity index (χ0) is 16.5. The standard InChI is InChI=1S/C19H23N5/c1-23(2)16-5-3-14(4-6-16)12-24-10-8-15(13-24)19-21-17-7-9-20-11-18(17)22-19/h3-7,9,11,15H,8,10,12-13H2,1-2H3,(H,21,22). The summed E-state index contributed by atoms with van der Waals surface area (Å²) >= 11 is 0. The monoisotopic (exact) mass is 321 g/mol. The molecule has 1 aromatic carbocycles. The number of hydrogen-bond acceptors (Lipinski definition) is 4. The fourth-order valence-corrected chi connectivity index (χ4v) is 3.43. The van der Waals surface area contributed by atoms with Crippen LogP contribution in [-0.2, 0) is 6.54 Å². The average Bonchev–Trinajstić information content (AvgIpc) is 3.21. The highest BCUT2D eigenvalue weighted by atomic mass is 15.2. The maximum absolute atomic E-state index is 4.74. The predicted octanol–water partition coefficient (Wildman–Crippen LogP) is 3.01. The van der Waals surface area contributed by atoms with Gasteiger partial charge < -0.3 is 9.88 Å². The van der Waals surface area contributed by atoms with Crippen molar-refractivity contribution in [2.24, 2.45) is 0 Å². The van der Waals surface area contributed by atoms with E-state index in [0.717, 1.165) is 42.9 Å². The van der Waals surface area contributed by atoms with Crippen LogP contribution in [0.1, 0.15) is 23.7 Å². The summed E-state index contributed by atoms with van der Waals surface area (Å²) in [5.41, 5.74) is 4.66. The van der Waals surface area contributed by atoms with Crippen LogP contribution in [0.15, 0.2) is 42.7 Å². The van der Waals surface area contributed by atoms with Gasteiger partial charge in [-0.25, -0.2) is 4.98 Å². The molecule has 0 bridgehead atoms. The summed E-state index contributed by atoms with van der Waals surface area (Å²) in [5, 5.41) is 0. The molecule has 1 fully saturated rings. The van der Waals surface area contributed by atoms with Crippen molar-refractivity contribution in [1.82, 2.24) is 19.9 Å². The Morgan fingerprint density at radius 3 is 2.79 bits per heavy atom. The number of nitrogens with zero attached hydrogens (tertiary/aromatic N) is 4. The molecule has 0 amide bonds. The van der Waals surface area contributed by atoms with E-state index in [2.05, 4.69) is 58.1 Å². The van der Waals surface area contributed by atoms with Crippen molar-refractivity contribution in [3.05, 3.63) is 54.1 Å². The van der Waals surface area contributed by atoms with Crippen molar-refractivity contribution >= 4 is 16.7 Å². The Kier molecular flexibility index (Phi) is 3.94. The summed E-state index contributed by atoms with van der Waals surface area (Å²) in [6.07, 6.45) is 4.80. The number of pyridine rings is 1. The number of nitrogens with one attached hydrogen (secondary N) is 1. The maximum atomic E-state index is 4.74. The molecule has 124 valence electrons. The summed E-state index contributed by atoms with van der Waals surface area (Å²) in [6, 6.07) is 10.8. The van der Waals surface area contributed by atoms with Crippen molar-refractivity contribution < 1.29 is 0 Å². The number of anilines is 1. The van der Waals surface area contributed by atoms with Crippen LogP contribution in [0.4, 0.5) is 5.69 Å². The van der Waals surface area contributed by atoms with Gasteiger partial charge in [-0.15, -0.1) is 0 Å². The van der Waals surface area contributed by atoms with Crippen molar-refractivity contribution in [1.29, 1.82) is 0 Å². The maximum Gasteiger partial charge on any atom is 0.111 e.